The monoisotopic (exact) mass is 753 g/mol. The standard InChI is InChI=1S/C42H74NO8P/c1-6-8-10-12-14-15-16-17-18-19-20-21-22-23-24-25-26-27-29-31-33-35-42(45)51-40(39-50-52(46,47)49-37-36-43(3,4)5)38-48-41(44)34-32-30-28-13-11-9-7-2/h8,10,14-15,17-18,20-21,23-24,40H,6-7,9,11-13,16,19,22,25-39H2,1-5H3/p+1/b10-8-,15-14-,18-17-,21-20-,24-23-. The van der Waals surface area contributed by atoms with Gasteiger partial charge in [0, 0.05) is 12.8 Å². The Morgan fingerprint density at radius 1 is 0.615 bits per heavy atom. The van der Waals surface area contributed by atoms with Gasteiger partial charge in [0.2, 0.25) is 0 Å². The van der Waals surface area contributed by atoms with E-state index in [1.807, 2.05) is 21.1 Å². The van der Waals surface area contributed by atoms with Crippen LogP contribution in [0.5, 0.6) is 0 Å². The Kier molecular flexibility index (Phi) is 33.0. The van der Waals surface area contributed by atoms with Crippen LogP contribution in [0, 0.1) is 0 Å². The zero-order valence-corrected chi connectivity index (χ0v) is 34.4. The number of hydrogen-bond acceptors (Lipinski definition) is 7. The third-order valence-electron chi connectivity index (χ3n) is 8.06. The molecule has 52 heavy (non-hydrogen) atoms. The van der Waals surface area contributed by atoms with E-state index in [-0.39, 0.29) is 32.0 Å². The van der Waals surface area contributed by atoms with Crippen molar-refractivity contribution in [3.05, 3.63) is 60.8 Å². The fraction of sp³-hybridized carbons (Fsp3) is 0.714. The van der Waals surface area contributed by atoms with E-state index in [4.69, 9.17) is 18.5 Å². The lowest BCUT2D eigenvalue weighted by molar-refractivity contribution is -0.870. The summed E-state index contributed by atoms with van der Waals surface area (Å²) in [5.41, 5.74) is 0. The smallest absolute Gasteiger partial charge is 0.462 e. The van der Waals surface area contributed by atoms with Gasteiger partial charge in [-0.3, -0.25) is 18.6 Å². The molecule has 0 aromatic heterocycles. The number of rotatable bonds is 35. The summed E-state index contributed by atoms with van der Waals surface area (Å²) in [6.07, 6.45) is 40.0. The van der Waals surface area contributed by atoms with Gasteiger partial charge in [0.05, 0.1) is 27.7 Å². The molecule has 300 valence electrons. The molecule has 0 amide bonds. The third kappa shape index (κ3) is 37.5. The molecule has 0 radical (unpaired) electrons. The molecule has 0 aromatic carbocycles. The number of carbonyl (C=O) groups is 2. The van der Waals surface area contributed by atoms with Gasteiger partial charge >= 0.3 is 19.8 Å². The first kappa shape index (κ1) is 49.7. The Bertz CT molecular complexity index is 1080. The fourth-order valence-corrected chi connectivity index (χ4v) is 5.66. The molecule has 0 aliphatic carbocycles. The number of likely N-dealkylation sites (N-methyl/N-ethyl adjacent to an activating group) is 1. The van der Waals surface area contributed by atoms with Crippen molar-refractivity contribution in [3.63, 3.8) is 0 Å². The number of esters is 2. The molecule has 0 spiro atoms. The maximum Gasteiger partial charge on any atom is 0.472 e. The van der Waals surface area contributed by atoms with Crippen molar-refractivity contribution in [1.82, 2.24) is 0 Å². The molecule has 0 saturated heterocycles. The molecular weight excluding hydrogens is 677 g/mol. The Hall–Kier alpha value is -2.29. The van der Waals surface area contributed by atoms with E-state index >= 15 is 0 Å². The van der Waals surface area contributed by atoms with Crippen LogP contribution in [0.3, 0.4) is 0 Å². The van der Waals surface area contributed by atoms with Crippen molar-refractivity contribution >= 4 is 19.8 Å². The van der Waals surface area contributed by atoms with E-state index in [9.17, 15) is 19.0 Å². The average molecular weight is 753 g/mol. The molecule has 0 fully saturated rings. The third-order valence-corrected chi connectivity index (χ3v) is 9.05. The van der Waals surface area contributed by atoms with Crippen molar-refractivity contribution in [1.29, 1.82) is 0 Å². The van der Waals surface area contributed by atoms with Crippen molar-refractivity contribution < 1.29 is 42.1 Å². The van der Waals surface area contributed by atoms with Crippen LogP contribution in [0.2, 0.25) is 0 Å². The van der Waals surface area contributed by atoms with Gasteiger partial charge in [-0.25, -0.2) is 4.57 Å². The molecule has 2 unspecified atom stereocenters. The number of carbonyl (C=O) groups excluding carboxylic acids is 2. The second-order valence-corrected chi connectivity index (χ2v) is 15.7. The highest BCUT2D eigenvalue weighted by atomic mass is 31.2. The van der Waals surface area contributed by atoms with Crippen LogP contribution < -0.4 is 0 Å². The first-order valence-corrected chi connectivity index (χ1v) is 21.5. The van der Waals surface area contributed by atoms with E-state index in [0.29, 0.717) is 17.4 Å². The number of hydrogen-bond donors (Lipinski definition) is 1. The summed E-state index contributed by atoms with van der Waals surface area (Å²) >= 11 is 0. The molecule has 0 aliphatic heterocycles. The Morgan fingerprint density at radius 3 is 1.63 bits per heavy atom. The summed E-state index contributed by atoms with van der Waals surface area (Å²) < 4.78 is 34.1. The minimum atomic E-state index is -4.37. The van der Waals surface area contributed by atoms with E-state index in [2.05, 4.69) is 74.6 Å². The van der Waals surface area contributed by atoms with Gasteiger partial charge < -0.3 is 18.9 Å². The van der Waals surface area contributed by atoms with Crippen LogP contribution in [0.4, 0.5) is 0 Å². The molecule has 0 rings (SSSR count). The quantitative estimate of drug-likeness (QED) is 0.0224. The molecule has 0 heterocycles. The van der Waals surface area contributed by atoms with Crippen molar-refractivity contribution in [2.75, 3.05) is 47.5 Å². The number of nitrogens with zero attached hydrogens (tertiary/aromatic N) is 1. The minimum absolute atomic E-state index is 0.0253. The summed E-state index contributed by atoms with van der Waals surface area (Å²) in [6, 6.07) is 0. The average Bonchev–Trinajstić information content (AvgIpc) is 3.09. The molecule has 1 N–H and O–H groups in total. The number of ether oxygens (including phenoxy) is 2. The second kappa shape index (κ2) is 34.5. The van der Waals surface area contributed by atoms with Crippen LogP contribution in [0.1, 0.15) is 142 Å². The molecule has 0 bridgehead atoms. The zero-order chi connectivity index (χ0) is 38.6. The summed E-state index contributed by atoms with van der Waals surface area (Å²) in [7, 11) is 1.45. The Balaban J connectivity index is 4.36. The van der Waals surface area contributed by atoms with Gasteiger partial charge in [0.25, 0.3) is 0 Å². The highest BCUT2D eigenvalue weighted by Gasteiger charge is 2.27. The van der Waals surface area contributed by atoms with E-state index in [1.165, 1.54) is 25.7 Å². The van der Waals surface area contributed by atoms with Gasteiger partial charge in [-0.1, -0.05) is 132 Å². The number of quaternary nitrogens is 1. The van der Waals surface area contributed by atoms with Gasteiger partial charge in [-0.05, 0) is 57.8 Å². The Labute approximate surface area is 317 Å². The van der Waals surface area contributed by atoms with Gasteiger partial charge in [0.15, 0.2) is 6.10 Å². The summed E-state index contributed by atoms with van der Waals surface area (Å²) in [5.74, 6) is -0.834. The fourth-order valence-electron chi connectivity index (χ4n) is 4.92. The molecule has 0 saturated carbocycles. The van der Waals surface area contributed by atoms with E-state index < -0.39 is 26.5 Å². The first-order valence-electron chi connectivity index (χ1n) is 20.0. The number of phosphoric ester groups is 1. The molecule has 9 nitrogen and oxygen atoms in total. The topological polar surface area (TPSA) is 108 Å². The minimum Gasteiger partial charge on any atom is -0.462 e. The van der Waals surface area contributed by atoms with Crippen molar-refractivity contribution in [2.45, 2.75) is 148 Å². The van der Waals surface area contributed by atoms with Crippen molar-refractivity contribution in [2.24, 2.45) is 0 Å². The van der Waals surface area contributed by atoms with Crippen LogP contribution in [-0.2, 0) is 32.7 Å². The summed E-state index contributed by atoms with van der Waals surface area (Å²) in [5, 5.41) is 0. The van der Waals surface area contributed by atoms with Crippen LogP contribution in [0.25, 0.3) is 0 Å². The van der Waals surface area contributed by atoms with Crippen LogP contribution in [0.15, 0.2) is 60.8 Å². The largest absolute Gasteiger partial charge is 0.472 e. The predicted octanol–water partition coefficient (Wildman–Crippen LogP) is 10.9. The first-order chi connectivity index (χ1) is 25.0. The maximum absolute atomic E-state index is 12.6. The number of unbranched alkanes of at least 4 members (excludes halogenated alkanes) is 11. The zero-order valence-electron chi connectivity index (χ0n) is 33.5. The van der Waals surface area contributed by atoms with Gasteiger partial charge in [-0.15, -0.1) is 0 Å². The van der Waals surface area contributed by atoms with Crippen molar-refractivity contribution in [3.8, 4) is 0 Å². The molecule has 10 heteroatoms. The molecular formula is C42H75NO8P+. The summed E-state index contributed by atoms with van der Waals surface area (Å²) in [6.45, 7) is 4.21. The van der Waals surface area contributed by atoms with E-state index in [0.717, 1.165) is 83.5 Å². The highest BCUT2D eigenvalue weighted by molar-refractivity contribution is 7.47. The van der Waals surface area contributed by atoms with E-state index in [1.54, 1.807) is 0 Å². The van der Waals surface area contributed by atoms with Crippen LogP contribution >= 0.6 is 7.82 Å². The lowest BCUT2D eigenvalue weighted by Gasteiger charge is -2.24. The Morgan fingerprint density at radius 2 is 1.10 bits per heavy atom. The maximum atomic E-state index is 12.6. The molecule has 0 aromatic rings. The SMILES string of the molecule is CC/C=C\C/C=C\C/C=C\C/C=C\C/C=C\CCCCCCCC(=O)OC(COC(=O)CCCCCCCCC)COP(=O)(O)OCC[N+](C)(C)C. The predicted molar refractivity (Wildman–Crippen MR) is 215 cm³/mol. The highest BCUT2D eigenvalue weighted by Crippen LogP contribution is 2.43. The number of phosphoric acid groups is 1. The number of allylic oxidation sites excluding steroid dienone is 10. The van der Waals surface area contributed by atoms with Crippen LogP contribution in [-0.4, -0.2) is 74.9 Å². The molecule has 0 aliphatic rings. The van der Waals surface area contributed by atoms with Gasteiger partial charge in [0.1, 0.15) is 19.8 Å². The van der Waals surface area contributed by atoms with Gasteiger partial charge in [-0.2, -0.15) is 0 Å². The second-order valence-electron chi connectivity index (χ2n) is 14.3. The lowest BCUT2D eigenvalue weighted by atomic mass is 10.1. The normalized spacial score (nSPS) is 14.3. The molecule has 2 atom stereocenters. The summed E-state index contributed by atoms with van der Waals surface area (Å²) in [4.78, 5) is 35.1. The lowest BCUT2D eigenvalue weighted by Crippen LogP contribution is -2.37.